The Morgan fingerprint density at radius 3 is 2.34 bits per heavy atom. The molecule has 0 aliphatic heterocycles. The largest absolute Gasteiger partial charge is 0.399 e. The second kappa shape index (κ2) is 11.2. The van der Waals surface area contributed by atoms with Gasteiger partial charge in [-0.1, -0.05) is 95.5 Å². The monoisotopic (exact) mass is 471 g/mol. The molecule has 1 heteroatoms. The molecule has 2 N–H and O–H groups in total. The van der Waals surface area contributed by atoms with Crippen molar-refractivity contribution in [2.45, 2.75) is 106 Å². The summed E-state index contributed by atoms with van der Waals surface area (Å²) in [5, 5.41) is 0. The Hall–Kier alpha value is -2.28. The number of nitrogens with two attached hydrogens (primary N) is 1. The van der Waals surface area contributed by atoms with E-state index in [1.165, 1.54) is 59.1 Å². The minimum Gasteiger partial charge on any atom is -0.399 e. The van der Waals surface area contributed by atoms with Gasteiger partial charge in [0.05, 0.1) is 0 Å². The van der Waals surface area contributed by atoms with Gasteiger partial charge < -0.3 is 5.73 Å². The Balaban J connectivity index is 2.02. The highest BCUT2D eigenvalue weighted by Crippen LogP contribution is 2.57. The molecule has 0 aromatic heterocycles. The summed E-state index contributed by atoms with van der Waals surface area (Å²) in [5.41, 5.74) is 17.3. The van der Waals surface area contributed by atoms with Gasteiger partial charge in [0.15, 0.2) is 0 Å². The van der Waals surface area contributed by atoms with Crippen molar-refractivity contribution in [2.24, 2.45) is 10.8 Å². The molecule has 2 aromatic carbocycles. The van der Waals surface area contributed by atoms with E-state index < -0.39 is 0 Å². The van der Waals surface area contributed by atoms with Crippen LogP contribution in [-0.4, -0.2) is 0 Å². The highest BCUT2D eigenvalue weighted by Gasteiger charge is 2.46. The summed E-state index contributed by atoms with van der Waals surface area (Å²) in [7, 11) is 0. The Bertz CT molecular complexity index is 1050. The predicted octanol–water partition coefficient (Wildman–Crippen LogP) is 9.53. The van der Waals surface area contributed by atoms with Crippen molar-refractivity contribution in [3.05, 3.63) is 88.0 Å². The fraction of sp³-hybridized carbons (Fsp3) is 0.529. The molecule has 0 bridgehead atoms. The van der Waals surface area contributed by atoms with E-state index in [4.69, 9.17) is 5.73 Å². The van der Waals surface area contributed by atoms with E-state index >= 15 is 0 Å². The third-order valence-corrected chi connectivity index (χ3v) is 8.71. The van der Waals surface area contributed by atoms with Crippen molar-refractivity contribution in [1.29, 1.82) is 0 Å². The van der Waals surface area contributed by atoms with Crippen LogP contribution in [0.5, 0.6) is 0 Å². The third-order valence-electron chi connectivity index (χ3n) is 8.71. The standard InChI is InChI=1S/C34H49N/c1-9-10-11-12-28-22-26(4)32(31-21-24(2)17-18-34(31,8)33(5,6)7)29(23-28)20-25(3)19-27-13-15-30(35)16-14-27/h13-17,22-23,31H,3,9-12,18-21,35H2,1-2,4-8H3. The average Bonchev–Trinajstić information content (AvgIpc) is 2.77. The maximum Gasteiger partial charge on any atom is 0.0314 e. The van der Waals surface area contributed by atoms with Gasteiger partial charge >= 0.3 is 0 Å². The first-order valence-corrected chi connectivity index (χ1v) is 13.7. The van der Waals surface area contributed by atoms with Crippen LogP contribution in [0.2, 0.25) is 0 Å². The molecule has 1 aliphatic rings. The normalized spacial score (nSPS) is 20.5. The van der Waals surface area contributed by atoms with Gasteiger partial charge in [-0.05, 0) is 109 Å². The molecule has 1 aliphatic carbocycles. The molecule has 2 atom stereocenters. The summed E-state index contributed by atoms with van der Waals surface area (Å²) < 4.78 is 0. The number of hydrogen-bond donors (Lipinski definition) is 1. The number of benzene rings is 2. The van der Waals surface area contributed by atoms with Crippen LogP contribution in [0.15, 0.2) is 60.2 Å². The van der Waals surface area contributed by atoms with E-state index in [1.54, 1.807) is 5.56 Å². The van der Waals surface area contributed by atoms with Crippen LogP contribution in [0.25, 0.3) is 0 Å². The lowest BCUT2D eigenvalue weighted by Crippen LogP contribution is -2.40. The molecule has 2 aromatic rings. The molecule has 3 rings (SSSR count). The van der Waals surface area contributed by atoms with Crippen molar-refractivity contribution in [3.8, 4) is 0 Å². The molecule has 0 spiro atoms. The molecule has 35 heavy (non-hydrogen) atoms. The zero-order valence-electron chi connectivity index (χ0n) is 23.6. The summed E-state index contributed by atoms with van der Waals surface area (Å²) >= 11 is 0. The predicted molar refractivity (Wildman–Crippen MR) is 155 cm³/mol. The molecule has 1 nitrogen and oxygen atoms in total. The summed E-state index contributed by atoms with van der Waals surface area (Å²) in [6.07, 6.45) is 11.7. The van der Waals surface area contributed by atoms with Crippen LogP contribution in [0.4, 0.5) is 5.69 Å². The molecule has 0 amide bonds. The number of allylic oxidation sites excluding steroid dienone is 3. The van der Waals surface area contributed by atoms with Gasteiger partial charge in [-0.25, -0.2) is 0 Å². The quantitative estimate of drug-likeness (QED) is 0.220. The smallest absolute Gasteiger partial charge is 0.0314 e. The minimum atomic E-state index is 0.216. The van der Waals surface area contributed by atoms with Crippen LogP contribution in [0.1, 0.15) is 107 Å². The SMILES string of the molecule is C=C(Cc1ccc(N)cc1)Cc1cc(CCCCC)cc(C)c1C1CC(C)=CCC1(C)C(C)(C)C. The zero-order chi connectivity index (χ0) is 25.8. The molecule has 0 fully saturated rings. The van der Waals surface area contributed by atoms with Crippen LogP contribution >= 0.6 is 0 Å². The second-order valence-electron chi connectivity index (χ2n) is 12.5. The maximum atomic E-state index is 5.91. The van der Waals surface area contributed by atoms with Gasteiger partial charge in [0, 0.05) is 5.69 Å². The fourth-order valence-electron chi connectivity index (χ4n) is 5.99. The fourth-order valence-corrected chi connectivity index (χ4v) is 5.99. The van der Waals surface area contributed by atoms with E-state index in [-0.39, 0.29) is 10.8 Å². The van der Waals surface area contributed by atoms with Crippen molar-refractivity contribution in [3.63, 3.8) is 0 Å². The van der Waals surface area contributed by atoms with E-state index in [0.717, 1.165) is 31.4 Å². The Morgan fingerprint density at radius 2 is 1.71 bits per heavy atom. The lowest BCUT2D eigenvalue weighted by atomic mass is 9.53. The first-order chi connectivity index (χ1) is 16.4. The number of rotatable bonds is 9. The zero-order valence-corrected chi connectivity index (χ0v) is 23.6. The lowest BCUT2D eigenvalue weighted by molar-refractivity contribution is 0.0673. The van der Waals surface area contributed by atoms with Gasteiger partial charge in [-0.2, -0.15) is 0 Å². The second-order valence-corrected chi connectivity index (χ2v) is 12.5. The highest BCUT2D eigenvalue weighted by atomic mass is 14.5. The lowest BCUT2D eigenvalue weighted by Gasteiger charge is -2.51. The first kappa shape index (κ1) is 27.3. The Morgan fingerprint density at radius 1 is 1.03 bits per heavy atom. The van der Waals surface area contributed by atoms with Gasteiger partial charge in [-0.15, -0.1) is 0 Å². The van der Waals surface area contributed by atoms with Crippen molar-refractivity contribution in [1.82, 2.24) is 0 Å². The van der Waals surface area contributed by atoms with Gasteiger partial charge in [0.25, 0.3) is 0 Å². The summed E-state index contributed by atoms with van der Waals surface area (Å²) in [6, 6.07) is 13.3. The number of unbranched alkanes of at least 4 members (excludes halogenated alkanes) is 2. The summed E-state index contributed by atoms with van der Waals surface area (Å²) in [4.78, 5) is 0. The summed E-state index contributed by atoms with van der Waals surface area (Å²) in [5.74, 6) is 0.525. The summed E-state index contributed by atoms with van der Waals surface area (Å²) in [6.45, 7) is 21.3. The van der Waals surface area contributed by atoms with Gasteiger partial charge in [-0.3, -0.25) is 0 Å². The Labute approximate surface area is 215 Å². The van der Waals surface area contributed by atoms with E-state index in [9.17, 15) is 0 Å². The highest BCUT2D eigenvalue weighted by molar-refractivity contribution is 5.46. The number of anilines is 1. The molecule has 0 heterocycles. The van der Waals surface area contributed by atoms with Gasteiger partial charge in [0.1, 0.15) is 0 Å². The van der Waals surface area contributed by atoms with E-state index in [0.29, 0.717) is 5.92 Å². The van der Waals surface area contributed by atoms with E-state index in [1.807, 2.05) is 12.1 Å². The molecular weight excluding hydrogens is 422 g/mol. The van der Waals surface area contributed by atoms with Crippen LogP contribution in [0.3, 0.4) is 0 Å². The third kappa shape index (κ3) is 6.49. The van der Waals surface area contributed by atoms with E-state index in [2.05, 4.69) is 85.4 Å². The number of hydrogen-bond acceptors (Lipinski definition) is 1. The average molecular weight is 472 g/mol. The van der Waals surface area contributed by atoms with Crippen LogP contribution in [-0.2, 0) is 19.3 Å². The first-order valence-electron chi connectivity index (χ1n) is 13.7. The molecule has 190 valence electrons. The van der Waals surface area contributed by atoms with Crippen LogP contribution < -0.4 is 5.73 Å². The van der Waals surface area contributed by atoms with Crippen molar-refractivity contribution in [2.75, 3.05) is 5.73 Å². The van der Waals surface area contributed by atoms with Gasteiger partial charge in [0.2, 0.25) is 0 Å². The molecule has 0 saturated heterocycles. The number of nitrogen functional groups attached to an aromatic ring is 1. The molecular formula is C34H49N. The van der Waals surface area contributed by atoms with Crippen LogP contribution in [0, 0.1) is 17.8 Å². The van der Waals surface area contributed by atoms with Crippen molar-refractivity contribution >= 4 is 5.69 Å². The molecule has 0 radical (unpaired) electrons. The molecule has 0 saturated carbocycles. The Kier molecular flexibility index (Phi) is 8.73. The number of aryl methyl sites for hydroxylation is 2. The minimum absolute atomic E-state index is 0.216. The maximum absolute atomic E-state index is 5.91. The topological polar surface area (TPSA) is 26.0 Å². The molecule has 2 unspecified atom stereocenters. The van der Waals surface area contributed by atoms with Crippen molar-refractivity contribution < 1.29 is 0 Å².